The molecule has 0 aliphatic carbocycles. The van der Waals surface area contributed by atoms with Gasteiger partial charge in [-0.25, -0.2) is 4.99 Å². The van der Waals surface area contributed by atoms with Gasteiger partial charge in [0.15, 0.2) is 0 Å². The molecule has 3 heterocycles. The number of hydrogen-bond acceptors (Lipinski definition) is 7. The Hall–Kier alpha value is -3.52. The van der Waals surface area contributed by atoms with Crippen molar-refractivity contribution in [3.63, 3.8) is 0 Å². The number of amides is 1. The molecule has 0 bridgehead atoms. The minimum absolute atomic E-state index is 0.181. The zero-order chi connectivity index (χ0) is 20.6. The molecule has 1 aromatic heterocycles. The highest BCUT2D eigenvalue weighted by Crippen LogP contribution is 2.30. The van der Waals surface area contributed by atoms with E-state index in [0.717, 1.165) is 30.6 Å². The maximum atomic E-state index is 12.9. The number of aromatic nitrogens is 2. The van der Waals surface area contributed by atoms with E-state index < -0.39 is 6.17 Å². The van der Waals surface area contributed by atoms with Crippen LogP contribution >= 0.6 is 0 Å². The van der Waals surface area contributed by atoms with Gasteiger partial charge in [-0.1, -0.05) is 53.6 Å². The Balaban J connectivity index is 1.49. The van der Waals surface area contributed by atoms with Crippen LogP contribution in [0.15, 0.2) is 64.0 Å². The van der Waals surface area contributed by atoms with Crippen molar-refractivity contribution in [2.75, 3.05) is 23.7 Å². The number of hydrogen-bond donors (Lipinski definition) is 3. The van der Waals surface area contributed by atoms with Gasteiger partial charge in [-0.15, -0.1) is 5.10 Å². The first-order chi connectivity index (χ1) is 14.6. The topological polar surface area (TPSA) is 104 Å². The summed E-state index contributed by atoms with van der Waals surface area (Å²) in [7, 11) is 0. The van der Waals surface area contributed by atoms with Crippen molar-refractivity contribution in [1.82, 2.24) is 15.5 Å². The van der Waals surface area contributed by atoms with Gasteiger partial charge in [0.2, 0.25) is 12.1 Å². The van der Waals surface area contributed by atoms with Gasteiger partial charge in [0.05, 0.1) is 16.8 Å². The third-order valence-corrected chi connectivity index (χ3v) is 5.56. The van der Waals surface area contributed by atoms with Gasteiger partial charge < -0.3 is 20.4 Å². The number of rotatable bonds is 4. The molecule has 2 aliphatic heterocycles. The van der Waals surface area contributed by atoms with E-state index in [1.807, 2.05) is 54.6 Å². The highest BCUT2D eigenvalue weighted by atomic mass is 16.4. The molecule has 3 aromatic rings. The maximum absolute atomic E-state index is 12.9. The highest BCUT2D eigenvalue weighted by Gasteiger charge is 2.36. The zero-order valence-corrected chi connectivity index (χ0v) is 16.6. The predicted molar refractivity (Wildman–Crippen MR) is 114 cm³/mol. The van der Waals surface area contributed by atoms with E-state index in [4.69, 9.17) is 9.41 Å². The van der Waals surface area contributed by atoms with Gasteiger partial charge in [-0.05, 0) is 26.0 Å². The number of benzodiazepines with no additional fused rings is 1. The summed E-state index contributed by atoms with van der Waals surface area (Å²) < 4.78 is 5.86. The van der Waals surface area contributed by atoms with E-state index in [9.17, 15) is 4.79 Å². The van der Waals surface area contributed by atoms with Crippen molar-refractivity contribution in [3.05, 3.63) is 71.6 Å². The van der Waals surface area contributed by atoms with Crippen LogP contribution in [0, 0.1) is 0 Å². The Morgan fingerprint density at radius 3 is 2.70 bits per heavy atom. The summed E-state index contributed by atoms with van der Waals surface area (Å²) in [4.78, 5) is 17.6. The lowest BCUT2D eigenvalue weighted by Crippen LogP contribution is -2.32. The molecule has 2 aromatic carbocycles. The van der Waals surface area contributed by atoms with E-state index in [0.29, 0.717) is 17.3 Å². The highest BCUT2D eigenvalue weighted by molar-refractivity contribution is 6.19. The fourth-order valence-electron chi connectivity index (χ4n) is 3.82. The molecule has 0 spiro atoms. The van der Waals surface area contributed by atoms with Crippen LogP contribution in [0.3, 0.4) is 0 Å². The van der Waals surface area contributed by atoms with Gasteiger partial charge in [-0.3, -0.25) is 4.79 Å². The number of para-hydroxylation sites is 1. The molecule has 152 valence electrons. The summed E-state index contributed by atoms with van der Waals surface area (Å²) in [5.74, 6) is 0.265. The van der Waals surface area contributed by atoms with E-state index >= 15 is 0 Å². The molecule has 0 radical (unpaired) electrons. The van der Waals surface area contributed by atoms with Crippen molar-refractivity contribution in [1.29, 1.82) is 0 Å². The second kappa shape index (κ2) is 7.38. The standard InChI is InChI=1S/C22H22N6O2/c1-22(11-12-23-13-22)20-27-28-21(30-20)26-18-19(29)24-16-10-6-5-9-15(16)17(25-18)14-7-3-2-4-8-14/h2-10,18,23H,11-13H2,1H3,(H,24,29)(H,26,28). The number of nitrogens with one attached hydrogen (secondary N) is 3. The van der Waals surface area contributed by atoms with Crippen molar-refractivity contribution in [2.45, 2.75) is 24.9 Å². The number of carbonyl (C=O) groups is 1. The summed E-state index contributed by atoms with van der Waals surface area (Å²) in [6.07, 6.45) is 0.0138. The van der Waals surface area contributed by atoms with Gasteiger partial charge >= 0.3 is 6.01 Å². The number of nitrogens with zero attached hydrogens (tertiary/aromatic N) is 3. The van der Waals surface area contributed by atoms with E-state index in [-0.39, 0.29) is 17.3 Å². The van der Waals surface area contributed by atoms with Crippen molar-refractivity contribution in [2.24, 2.45) is 4.99 Å². The quantitative estimate of drug-likeness (QED) is 0.620. The molecule has 2 atom stereocenters. The SMILES string of the molecule is CC1(c2nnc(NC3N=C(c4ccccc4)c4ccccc4NC3=O)o2)CCNC1. The second-order valence-electron chi connectivity index (χ2n) is 7.83. The van der Waals surface area contributed by atoms with Gasteiger partial charge in [-0.2, -0.15) is 0 Å². The molecule has 1 fully saturated rings. The normalized spacial score (nSPS) is 23.3. The van der Waals surface area contributed by atoms with E-state index in [1.165, 1.54) is 0 Å². The molecule has 0 saturated carbocycles. The number of aliphatic imine (C=N–C) groups is 1. The molecule has 30 heavy (non-hydrogen) atoms. The largest absolute Gasteiger partial charge is 0.407 e. The lowest BCUT2D eigenvalue weighted by Gasteiger charge is -2.16. The lowest BCUT2D eigenvalue weighted by molar-refractivity contribution is -0.116. The molecular weight excluding hydrogens is 380 g/mol. The Morgan fingerprint density at radius 1 is 1.10 bits per heavy atom. The minimum Gasteiger partial charge on any atom is -0.407 e. The smallest absolute Gasteiger partial charge is 0.317 e. The molecular formula is C22H22N6O2. The van der Waals surface area contributed by atoms with Crippen LogP contribution in [0.1, 0.15) is 30.4 Å². The molecule has 2 aliphatic rings. The average molecular weight is 402 g/mol. The molecule has 8 heteroatoms. The summed E-state index contributed by atoms with van der Waals surface area (Å²) in [6.45, 7) is 3.78. The first-order valence-corrected chi connectivity index (χ1v) is 9.97. The predicted octanol–water partition coefficient (Wildman–Crippen LogP) is 2.55. The van der Waals surface area contributed by atoms with Crippen LogP contribution in [-0.2, 0) is 10.2 Å². The Labute approximate surface area is 173 Å². The zero-order valence-electron chi connectivity index (χ0n) is 16.6. The number of anilines is 2. The van der Waals surface area contributed by atoms with Crippen molar-refractivity contribution >= 4 is 23.3 Å². The molecule has 8 nitrogen and oxygen atoms in total. The fraction of sp³-hybridized carbons (Fsp3) is 0.273. The molecule has 2 unspecified atom stereocenters. The monoisotopic (exact) mass is 402 g/mol. The van der Waals surface area contributed by atoms with Crippen LogP contribution in [0.4, 0.5) is 11.7 Å². The summed E-state index contributed by atoms with van der Waals surface area (Å²) in [5, 5.41) is 17.6. The first kappa shape index (κ1) is 18.5. The van der Waals surface area contributed by atoms with Crippen LogP contribution < -0.4 is 16.0 Å². The summed E-state index contributed by atoms with van der Waals surface area (Å²) in [6, 6.07) is 17.6. The third kappa shape index (κ3) is 3.35. The number of fused-ring (bicyclic) bond motifs is 1. The van der Waals surface area contributed by atoms with Gasteiger partial charge in [0.25, 0.3) is 5.91 Å². The Morgan fingerprint density at radius 2 is 1.90 bits per heavy atom. The van der Waals surface area contributed by atoms with Crippen molar-refractivity contribution in [3.8, 4) is 0 Å². The molecule has 3 N–H and O–H groups in total. The third-order valence-electron chi connectivity index (χ3n) is 5.56. The van der Waals surface area contributed by atoms with Gasteiger partial charge in [0, 0.05) is 17.7 Å². The maximum Gasteiger partial charge on any atom is 0.317 e. The minimum atomic E-state index is -0.907. The molecule has 5 rings (SSSR count). The van der Waals surface area contributed by atoms with Crippen molar-refractivity contribution < 1.29 is 9.21 Å². The molecule has 1 amide bonds. The fourth-order valence-corrected chi connectivity index (χ4v) is 3.82. The van der Waals surface area contributed by atoms with E-state index in [1.54, 1.807) is 0 Å². The van der Waals surface area contributed by atoms with Crippen LogP contribution in [0.2, 0.25) is 0 Å². The first-order valence-electron chi connectivity index (χ1n) is 9.97. The molecule has 1 saturated heterocycles. The average Bonchev–Trinajstić information content (AvgIpc) is 3.39. The number of carbonyl (C=O) groups excluding carboxylic acids is 1. The van der Waals surface area contributed by atoms with Crippen LogP contribution in [-0.4, -0.2) is 41.1 Å². The summed E-state index contributed by atoms with van der Waals surface area (Å²) >= 11 is 0. The second-order valence-corrected chi connectivity index (χ2v) is 7.83. The number of benzene rings is 2. The van der Waals surface area contributed by atoms with Crippen LogP contribution in [0.25, 0.3) is 0 Å². The lowest BCUT2D eigenvalue weighted by atomic mass is 9.90. The van der Waals surface area contributed by atoms with Gasteiger partial charge in [0.1, 0.15) is 0 Å². The van der Waals surface area contributed by atoms with E-state index in [2.05, 4.69) is 33.1 Å². The summed E-state index contributed by atoms with van der Waals surface area (Å²) in [5.41, 5.74) is 3.01. The Kier molecular flexibility index (Phi) is 4.55. The Bertz CT molecular complexity index is 1100. The van der Waals surface area contributed by atoms with Crippen LogP contribution in [0.5, 0.6) is 0 Å².